The third-order valence-electron chi connectivity index (χ3n) is 6.43. The first-order valence-electron chi connectivity index (χ1n) is 11.8. The van der Waals surface area contributed by atoms with E-state index < -0.39 is 0 Å². The first kappa shape index (κ1) is 21.2. The van der Waals surface area contributed by atoms with Crippen LogP contribution in [0.15, 0.2) is 85.1 Å². The molecule has 6 aromatic rings. The van der Waals surface area contributed by atoms with E-state index in [4.69, 9.17) is 4.74 Å². The summed E-state index contributed by atoms with van der Waals surface area (Å²) in [5.41, 5.74) is 4.85. The van der Waals surface area contributed by atoms with Crippen molar-refractivity contribution in [2.45, 2.75) is 26.7 Å². The minimum atomic E-state index is 0.165. The number of hydrogen-bond acceptors (Lipinski definition) is 4. The molecule has 172 valence electrons. The first-order chi connectivity index (χ1) is 17.0. The fourth-order valence-corrected chi connectivity index (χ4v) is 4.64. The van der Waals surface area contributed by atoms with Gasteiger partial charge < -0.3 is 9.84 Å². The Balaban J connectivity index is 1.47. The van der Waals surface area contributed by atoms with E-state index >= 15 is 0 Å². The number of rotatable bonds is 4. The van der Waals surface area contributed by atoms with E-state index in [2.05, 4.69) is 71.7 Å². The van der Waals surface area contributed by atoms with Crippen LogP contribution in [0.5, 0.6) is 17.4 Å². The summed E-state index contributed by atoms with van der Waals surface area (Å²) in [6, 6.07) is 26.1. The molecule has 1 N–H and O–H groups in total. The summed E-state index contributed by atoms with van der Waals surface area (Å²) in [7, 11) is 0. The predicted molar refractivity (Wildman–Crippen MR) is 141 cm³/mol. The average molecular weight is 460 g/mol. The van der Waals surface area contributed by atoms with E-state index in [1.54, 1.807) is 6.07 Å². The molecule has 3 heterocycles. The van der Waals surface area contributed by atoms with Gasteiger partial charge in [-0.2, -0.15) is 0 Å². The lowest BCUT2D eigenvalue weighted by Crippen LogP contribution is -1.97. The van der Waals surface area contributed by atoms with E-state index in [1.165, 1.54) is 0 Å². The number of aromatic nitrogens is 3. The number of ether oxygens (including phenoxy) is 1. The molecule has 5 heteroatoms. The van der Waals surface area contributed by atoms with Gasteiger partial charge in [-0.1, -0.05) is 32.0 Å². The molecule has 0 aliphatic rings. The number of aromatic hydroxyl groups is 1. The number of para-hydroxylation sites is 1. The Morgan fingerprint density at radius 2 is 1.69 bits per heavy atom. The van der Waals surface area contributed by atoms with Gasteiger partial charge in [0.15, 0.2) is 0 Å². The van der Waals surface area contributed by atoms with Gasteiger partial charge in [0.25, 0.3) is 0 Å². The first-order valence-corrected chi connectivity index (χ1v) is 11.8. The van der Waals surface area contributed by atoms with Crippen LogP contribution in [0.25, 0.3) is 38.5 Å². The Morgan fingerprint density at radius 1 is 0.857 bits per heavy atom. The zero-order chi connectivity index (χ0) is 24.1. The number of pyridine rings is 2. The molecule has 0 saturated carbocycles. The summed E-state index contributed by atoms with van der Waals surface area (Å²) >= 11 is 0. The van der Waals surface area contributed by atoms with Crippen LogP contribution in [0.2, 0.25) is 0 Å². The Kier molecular flexibility index (Phi) is 4.92. The summed E-state index contributed by atoms with van der Waals surface area (Å²) in [6.45, 7) is 6.28. The van der Waals surface area contributed by atoms with Crippen molar-refractivity contribution in [2.24, 2.45) is 0 Å². The molecule has 0 aliphatic carbocycles. The molecular weight excluding hydrogens is 434 g/mol. The van der Waals surface area contributed by atoms with Crippen molar-refractivity contribution in [3.63, 3.8) is 0 Å². The largest absolute Gasteiger partial charge is 0.506 e. The van der Waals surface area contributed by atoms with Gasteiger partial charge in [0.1, 0.15) is 22.8 Å². The molecule has 0 atom stereocenters. The quantitative estimate of drug-likeness (QED) is 0.294. The molecule has 0 saturated heterocycles. The molecule has 35 heavy (non-hydrogen) atoms. The number of fused-ring (bicyclic) bond motifs is 4. The highest BCUT2D eigenvalue weighted by Gasteiger charge is 2.15. The molecule has 3 aromatic carbocycles. The standard InChI is InChI=1S/C30H25N3O2/c1-18(2)21-15-20-8-11-29(32-30(20)27(34)16-21)35-22-9-10-24-23-6-4-5-7-25(23)33(26(24)17-22)28-14-19(3)12-13-31-28/h4-18,34H,1-3H3. The second kappa shape index (κ2) is 8.13. The van der Waals surface area contributed by atoms with E-state index in [1.807, 2.05) is 42.6 Å². The molecule has 6 rings (SSSR count). The Bertz CT molecular complexity index is 1730. The molecule has 0 aliphatic heterocycles. The summed E-state index contributed by atoms with van der Waals surface area (Å²) < 4.78 is 8.35. The second-order valence-electron chi connectivity index (χ2n) is 9.24. The Morgan fingerprint density at radius 3 is 2.51 bits per heavy atom. The predicted octanol–water partition coefficient (Wildman–Crippen LogP) is 7.66. The third-order valence-corrected chi connectivity index (χ3v) is 6.43. The fraction of sp³-hybridized carbons (Fsp3) is 0.133. The van der Waals surface area contributed by atoms with Crippen LogP contribution in [-0.4, -0.2) is 19.6 Å². The topological polar surface area (TPSA) is 60.2 Å². The van der Waals surface area contributed by atoms with Gasteiger partial charge in [-0.15, -0.1) is 0 Å². The lowest BCUT2D eigenvalue weighted by molar-refractivity contribution is 0.460. The van der Waals surface area contributed by atoms with Gasteiger partial charge in [-0.25, -0.2) is 9.97 Å². The lowest BCUT2D eigenvalue weighted by atomic mass is 10.0. The van der Waals surface area contributed by atoms with Crippen LogP contribution in [0.3, 0.4) is 0 Å². The van der Waals surface area contributed by atoms with Gasteiger partial charge in [0.05, 0.1) is 11.0 Å². The van der Waals surface area contributed by atoms with Gasteiger partial charge in [0.2, 0.25) is 5.88 Å². The summed E-state index contributed by atoms with van der Waals surface area (Å²) in [4.78, 5) is 9.24. The third kappa shape index (κ3) is 3.66. The van der Waals surface area contributed by atoms with E-state index in [9.17, 15) is 5.11 Å². The number of benzene rings is 3. The lowest BCUT2D eigenvalue weighted by Gasteiger charge is -2.11. The average Bonchev–Trinajstić information content (AvgIpc) is 3.18. The summed E-state index contributed by atoms with van der Waals surface area (Å²) in [5.74, 6) is 2.45. The van der Waals surface area contributed by atoms with Crippen molar-refractivity contribution in [3.05, 3.63) is 96.2 Å². The second-order valence-corrected chi connectivity index (χ2v) is 9.24. The molecule has 0 amide bonds. The number of hydrogen-bond donors (Lipinski definition) is 1. The van der Waals surface area contributed by atoms with Crippen LogP contribution in [0, 0.1) is 6.92 Å². The molecule has 3 aromatic heterocycles. The van der Waals surface area contributed by atoms with Crippen LogP contribution in [0.4, 0.5) is 0 Å². The highest BCUT2D eigenvalue weighted by atomic mass is 16.5. The van der Waals surface area contributed by atoms with Crippen LogP contribution in [-0.2, 0) is 0 Å². The fourth-order valence-electron chi connectivity index (χ4n) is 4.64. The summed E-state index contributed by atoms with van der Waals surface area (Å²) in [6.07, 6.45) is 1.84. The van der Waals surface area contributed by atoms with Crippen LogP contribution in [0.1, 0.15) is 30.9 Å². The van der Waals surface area contributed by atoms with Gasteiger partial charge in [0, 0.05) is 34.5 Å². The van der Waals surface area contributed by atoms with Crippen molar-refractivity contribution in [1.82, 2.24) is 14.5 Å². The van der Waals surface area contributed by atoms with E-state index in [-0.39, 0.29) is 5.75 Å². The van der Waals surface area contributed by atoms with Crippen molar-refractivity contribution in [2.75, 3.05) is 0 Å². The maximum Gasteiger partial charge on any atom is 0.219 e. The number of phenolic OH excluding ortho intramolecular Hbond substituents is 1. The molecule has 0 radical (unpaired) electrons. The van der Waals surface area contributed by atoms with Gasteiger partial charge in [-0.05, 0) is 72.5 Å². The monoisotopic (exact) mass is 459 g/mol. The number of phenols is 1. The molecule has 0 unspecified atom stereocenters. The zero-order valence-electron chi connectivity index (χ0n) is 19.9. The zero-order valence-corrected chi connectivity index (χ0v) is 19.9. The minimum Gasteiger partial charge on any atom is -0.506 e. The van der Waals surface area contributed by atoms with Crippen LogP contribution < -0.4 is 4.74 Å². The van der Waals surface area contributed by atoms with Gasteiger partial charge >= 0.3 is 0 Å². The number of aryl methyl sites for hydroxylation is 1. The molecule has 0 bridgehead atoms. The molecule has 5 nitrogen and oxygen atoms in total. The smallest absolute Gasteiger partial charge is 0.219 e. The maximum atomic E-state index is 10.6. The maximum absolute atomic E-state index is 10.6. The molecular formula is C30H25N3O2. The highest BCUT2D eigenvalue weighted by molar-refractivity contribution is 6.09. The van der Waals surface area contributed by atoms with Crippen molar-refractivity contribution in [1.29, 1.82) is 0 Å². The minimum absolute atomic E-state index is 0.165. The molecule has 0 fully saturated rings. The summed E-state index contributed by atoms with van der Waals surface area (Å²) in [5, 5.41) is 13.7. The van der Waals surface area contributed by atoms with Crippen molar-refractivity contribution in [3.8, 4) is 23.2 Å². The van der Waals surface area contributed by atoms with Gasteiger partial charge in [-0.3, -0.25) is 4.57 Å². The van der Waals surface area contributed by atoms with E-state index in [0.717, 1.165) is 44.1 Å². The van der Waals surface area contributed by atoms with Crippen molar-refractivity contribution >= 4 is 32.7 Å². The van der Waals surface area contributed by atoms with Crippen LogP contribution >= 0.6 is 0 Å². The Labute approximate surface area is 203 Å². The van der Waals surface area contributed by atoms with E-state index in [0.29, 0.717) is 23.1 Å². The van der Waals surface area contributed by atoms with Crippen molar-refractivity contribution < 1.29 is 9.84 Å². The number of nitrogens with zero attached hydrogens (tertiary/aromatic N) is 3. The highest BCUT2D eigenvalue weighted by Crippen LogP contribution is 2.36. The molecule has 0 spiro atoms. The normalized spacial score (nSPS) is 11.7. The SMILES string of the molecule is Cc1ccnc(-n2c3ccccc3c3ccc(Oc4ccc5cc(C(C)C)cc(O)c5n4)cc32)c1. The Hall–Kier alpha value is -4.38.